The molecule has 622 valence electrons. The van der Waals surface area contributed by atoms with E-state index >= 15 is 0 Å². The second kappa shape index (κ2) is 40.3. The summed E-state index contributed by atoms with van der Waals surface area (Å²) in [5.74, 6) is 0. The molecule has 0 radical (unpaired) electrons. The second-order valence-electron chi connectivity index (χ2n) is 30.7. The fourth-order valence-corrected chi connectivity index (χ4v) is 20.0. The second-order valence-corrected chi connectivity index (χ2v) is 35.4. The molecule has 15 heteroatoms. The predicted molar refractivity (Wildman–Crippen MR) is 586 cm³/mol. The highest BCUT2D eigenvalue weighted by Gasteiger charge is 2.27. The zero-order valence-electron chi connectivity index (χ0n) is 68.6. The zero-order valence-corrected chi connectivity index (χ0v) is 81.8. The molecule has 0 atom stereocenters. The van der Waals surface area contributed by atoms with Crippen molar-refractivity contribution in [1.29, 1.82) is 0 Å². The lowest BCUT2D eigenvalue weighted by molar-refractivity contribution is 0.198. The molecule has 20 aromatic carbocycles. The fraction of sp³-hybridized carbons (Fsp3) is 0.0357. The van der Waals surface area contributed by atoms with Crippen molar-refractivity contribution in [3.63, 3.8) is 0 Å². The Morgan fingerprint density at radius 2 is 0.559 bits per heavy atom. The molecular formula is C112H84BBr4I3N4O3. The van der Waals surface area contributed by atoms with Crippen LogP contribution in [0.5, 0.6) is 0 Å². The van der Waals surface area contributed by atoms with E-state index in [1.807, 2.05) is 60.7 Å². The average molecular weight is 2250 g/mol. The Morgan fingerprint density at radius 3 is 0.937 bits per heavy atom. The number of rotatable bonds is 11. The minimum absolute atomic E-state index is 0. The average Bonchev–Trinajstić information content (AvgIpc) is 1.32. The first-order valence-corrected chi connectivity index (χ1v) is 46.0. The maximum absolute atomic E-state index is 9.65. The molecule has 127 heavy (non-hydrogen) atoms. The summed E-state index contributed by atoms with van der Waals surface area (Å²) in [4.78, 5) is 4.85. The number of para-hydroxylation sites is 6. The van der Waals surface area contributed by atoms with E-state index in [4.69, 9.17) is 4.74 Å². The molecule has 22 aromatic rings. The van der Waals surface area contributed by atoms with Gasteiger partial charge in [0.05, 0.1) is 27.8 Å². The van der Waals surface area contributed by atoms with E-state index in [2.05, 4.69) is 469 Å². The molecule has 0 spiro atoms. The summed E-state index contributed by atoms with van der Waals surface area (Å²) in [6.45, 7) is 2.00. The van der Waals surface area contributed by atoms with Crippen LogP contribution in [-0.2, 0) is 4.74 Å². The van der Waals surface area contributed by atoms with Crippen LogP contribution in [0.1, 0.15) is 14.3 Å². The van der Waals surface area contributed by atoms with Crippen molar-refractivity contribution in [3.8, 4) is 33.6 Å². The van der Waals surface area contributed by atoms with Gasteiger partial charge in [-0.25, -0.2) is 0 Å². The van der Waals surface area contributed by atoms with Crippen LogP contribution >= 0.6 is 134 Å². The van der Waals surface area contributed by atoms with Crippen molar-refractivity contribution in [3.05, 3.63) is 446 Å². The van der Waals surface area contributed by atoms with E-state index in [0.717, 1.165) is 99.2 Å². The van der Waals surface area contributed by atoms with Crippen molar-refractivity contribution in [2.45, 2.75) is 12.8 Å². The van der Waals surface area contributed by atoms with E-state index in [-0.39, 0.29) is 49.4 Å². The summed E-state index contributed by atoms with van der Waals surface area (Å²) in [5.41, 5.74) is 19.1. The summed E-state index contributed by atoms with van der Waals surface area (Å²) in [6, 6.07) is 151. The van der Waals surface area contributed by atoms with Gasteiger partial charge in [-0.05, 0) is 294 Å². The standard InChI is InChI=1S/C68H46N4.C20H12Br2.C14H10BBrO2.C6H4BrI.C4H8O.2HI.H2/c1-5-21-48(22-6-1)69(53-41-43-65-61(45-53)55-29-17-19-35-63(55)71(65)50-25-9-3-10-26-50)52-39-37-47(38-40-52)67-57-31-13-15-33-59(57)68(60-34-16-14-32-58(60)67)70(49-23-7-2-8-24-49)54-42-44-66-62(46-54)56-30-18-20-36-64(56)72(66)51-27-11-4-12-28-51;21-14-11-9-13(10-12-14)19-15-5-1-3-7-17(15)20(22)18-8-4-2-6-16(18)19;16-14-11-7-3-1-5-9(11)13(15(17)18)10-6-2-4-8-12(10)14;7-5-1-3-6(8)4-2-5;1-2-4-5-3-1;;;/h1-46H;1-12H;1-8,17-18H;1-4H;1-4H2;3*1H/i;;;;;;;1+1. The van der Waals surface area contributed by atoms with Crippen LogP contribution in [0, 0.1) is 3.57 Å². The van der Waals surface area contributed by atoms with Crippen molar-refractivity contribution >= 4 is 289 Å². The molecule has 3 heterocycles. The summed E-state index contributed by atoms with van der Waals surface area (Å²) < 4.78 is 15.4. The molecular weight excluding hydrogens is 2160 g/mol. The highest BCUT2D eigenvalue weighted by molar-refractivity contribution is 14.1. The van der Waals surface area contributed by atoms with E-state index in [1.165, 1.54) is 124 Å². The Morgan fingerprint density at radius 1 is 0.276 bits per heavy atom. The van der Waals surface area contributed by atoms with Gasteiger partial charge in [0.25, 0.3) is 0 Å². The number of hydrogen-bond acceptors (Lipinski definition) is 5. The van der Waals surface area contributed by atoms with Gasteiger partial charge in [0.1, 0.15) is 0 Å². The highest BCUT2D eigenvalue weighted by atomic mass is 127. The van der Waals surface area contributed by atoms with Gasteiger partial charge in [0.15, 0.2) is 0 Å². The van der Waals surface area contributed by atoms with Crippen molar-refractivity contribution < 1.29 is 16.2 Å². The number of nitrogens with zero attached hydrogens (tertiary/aromatic N) is 4. The summed E-state index contributed by atoms with van der Waals surface area (Å²) in [7, 11) is -1.48. The van der Waals surface area contributed by atoms with Crippen molar-refractivity contribution in [2.24, 2.45) is 0 Å². The first-order valence-electron chi connectivity index (χ1n) is 41.7. The summed E-state index contributed by atoms with van der Waals surface area (Å²) in [5, 5.41) is 37.7. The van der Waals surface area contributed by atoms with E-state index < -0.39 is 7.12 Å². The molecule has 0 unspecified atom stereocenters. The molecule has 23 rings (SSSR count). The number of benzene rings is 20. The molecule has 0 saturated carbocycles. The minimum atomic E-state index is -1.48. The first-order chi connectivity index (χ1) is 61.5. The lowest BCUT2D eigenvalue weighted by Gasteiger charge is -2.30. The molecule has 2 N–H and O–H groups in total. The van der Waals surface area contributed by atoms with Gasteiger partial charge in [-0.1, -0.05) is 311 Å². The van der Waals surface area contributed by atoms with Crippen LogP contribution < -0.4 is 15.3 Å². The minimum Gasteiger partial charge on any atom is -0.423 e. The Labute approximate surface area is 821 Å². The topological polar surface area (TPSA) is 66.0 Å². The first kappa shape index (κ1) is 88.3. The van der Waals surface area contributed by atoms with Gasteiger partial charge in [0, 0.05) is 108 Å². The van der Waals surface area contributed by atoms with E-state index in [0.29, 0.717) is 5.46 Å². The predicted octanol–water partition coefficient (Wildman–Crippen LogP) is 33.7. The molecule has 1 aliphatic rings. The Kier molecular flexibility index (Phi) is 28.0. The van der Waals surface area contributed by atoms with Crippen LogP contribution in [0.25, 0.3) is 142 Å². The van der Waals surface area contributed by atoms with E-state index in [9.17, 15) is 10.0 Å². The molecule has 2 aromatic heterocycles. The number of aromatic nitrogens is 2. The Bertz CT molecular complexity index is 7490. The van der Waals surface area contributed by atoms with Crippen LogP contribution in [0.3, 0.4) is 0 Å². The third-order valence-corrected chi connectivity index (χ3v) is 26.7. The van der Waals surface area contributed by atoms with Gasteiger partial charge in [0.2, 0.25) is 0 Å². The van der Waals surface area contributed by atoms with Gasteiger partial charge < -0.3 is 33.7 Å². The number of anilines is 6. The van der Waals surface area contributed by atoms with Crippen LogP contribution in [0.2, 0.25) is 0 Å². The zero-order chi connectivity index (χ0) is 84.9. The number of fused-ring (bicyclic) bond motifs is 12. The molecule has 7 nitrogen and oxygen atoms in total. The van der Waals surface area contributed by atoms with Crippen LogP contribution in [0.15, 0.2) is 443 Å². The third-order valence-electron chi connectivity index (χ3n) is 23.2. The van der Waals surface area contributed by atoms with E-state index in [1.54, 1.807) is 0 Å². The van der Waals surface area contributed by atoms with Crippen molar-refractivity contribution in [2.75, 3.05) is 23.0 Å². The van der Waals surface area contributed by atoms with Crippen LogP contribution in [-0.4, -0.2) is 39.5 Å². The number of halogens is 7. The SMILES string of the molecule is Brc1ccc(-c2c3ccccc3c(Br)c3ccccc23)cc1.Brc1ccc(I)cc1.C1CCOC1.I.I.OB(O)c1c2ccccc2c(Br)c2ccccc12.[2HH].c1ccc(N(c2ccc(-c3c4ccccc4c(N(c4ccccc4)c4ccc5c(c4)c4ccccc4n5-c4ccccc4)c4ccccc34)cc2)c2ccc3c(c2)c2ccccc2n3-c2ccccc2)cc1. The smallest absolute Gasteiger partial charge is 0.423 e. The third kappa shape index (κ3) is 18.0. The quantitative estimate of drug-likeness (QED) is 0.0767. The molecule has 0 amide bonds. The van der Waals surface area contributed by atoms with Crippen molar-refractivity contribution in [1.82, 2.24) is 9.13 Å². The summed E-state index contributed by atoms with van der Waals surface area (Å²) >= 11 is 16.5. The largest absolute Gasteiger partial charge is 0.489 e. The lowest BCUT2D eigenvalue weighted by atomic mass is 9.74. The molecule has 1 saturated heterocycles. The number of hydrogen-bond donors (Lipinski definition) is 2. The lowest BCUT2D eigenvalue weighted by Crippen LogP contribution is -2.31. The number of ether oxygens (including phenoxy) is 1. The van der Waals surface area contributed by atoms with Gasteiger partial charge in [-0.3, -0.25) is 0 Å². The molecule has 1 fully saturated rings. The normalized spacial score (nSPS) is 11.6. The molecule has 1 aliphatic heterocycles. The van der Waals surface area contributed by atoms with Gasteiger partial charge in [-0.2, -0.15) is 0 Å². The Hall–Kier alpha value is -10.8. The highest BCUT2D eigenvalue weighted by Crippen LogP contribution is 2.51. The fourth-order valence-electron chi connectivity index (χ4n) is 17.7. The van der Waals surface area contributed by atoms with Gasteiger partial charge in [-0.15, -0.1) is 48.0 Å². The van der Waals surface area contributed by atoms with Gasteiger partial charge >= 0.3 is 7.12 Å². The molecule has 0 aliphatic carbocycles. The molecule has 0 bridgehead atoms. The maximum atomic E-state index is 9.65. The Balaban J connectivity index is 0.000000172. The van der Waals surface area contributed by atoms with Crippen LogP contribution in [0.4, 0.5) is 34.1 Å². The monoisotopic (exact) mass is 2240 g/mol. The summed E-state index contributed by atoms with van der Waals surface area (Å²) in [6.07, 6.45) is 2.56. The maximum Gasteiger partial charge on any atom is 0.489 e.